The molecule has 3 heteroatoms. The molecule has 0 aliphatic carbocycles. The van der Waals surface area contributed by atoms with Crippen LogP contribution in [0, 0.1) is 5.92 Å². The first kappa shape index (κ1) is 22.5. The summed E-state index contributed by atoms with van der Waals surface area (Å²) in [4.78, 5) is 10.8. The minimum Gasteiger partial charge on any atom is -0.550 e. The van der Waals surface area contributed by atoms with Crippen LogP contribution >= 0.6 is 0 Å². The van der Waals surface area contributed by atoms with Crippen molar-refractivity contribution in [2.45, 2.75) is 84.0 Å². The topological polar surface area (TPSA) is 40.1 Å². The number of carbonyl (C=O) groups is 1. The molecule has 0 spiro atoms. The van der Waals surface area contributed by atoms with E-state index >= 15 is 0 Å². The SMILES string of the molecule is C=CCC(CCCCCCCCCCCC)C(=O)[O-].[Na+]. The first-order valence-corrected chi connectivity index (χ1v) is 8.04. The number of rotatable bonds is 14. The number of aliphatic carboxylic acids is 1. The van der Waals surface area contributed by atoms with E-state index in [0.717, 1.165) is 19.3 Å². The molecular weight excluding hydrogens is 259 g/mol. The van der Waals surface area contributed by atoms with Crippen molar-refractivity contribution in [3.63, 3.8) is 0 Å². The third kappa shape index (κ3) is 14.6. The molecule has 0 radical (unpaired) electrons. The van der Waals surface area contributed by atoms with Gasteiger partial charge in [-0.1, -0.05) is 77.2 Å². The molecular formula is C17H31NaO2. The normalized spacial score (nSPS) is 11.7. The van der Waals surface area contributed by atoms with E-state index in [-0.39, 0.29) is 35.5 Å². The number of carboxylic acids is 1. The van der Waals surface area contributed by atoms with Crippen LogP contribution in [0.1, 0.15) is 84.0 Å². The van der Waals surface area contributed by atoms with Gasteiger partial charge < -0.3 is 9.90 Å². The third-order valence-corrected chi connectivity index (χ3v) is 3.69. The summed E-state index contributed by atoms with van der Waals surface area (Å²) >= 11 is 0. The van der Waals surface area contributed by atoms with Crippen molar-refractivity contribution < 1.29 is 39.5 Å². The summed E-state index contributed by atoms with van der Waals surface area (Å²) < 4.78 is 0. The van der Waals surface area contributed by atoms with Crippen molar-refractivity contribution in [2.24, 2.45) is 5.92 Å². The van der Waals surface area contributed by atoms with Crippen LogP contribution in [0.2, 0.25) is 0 Å². The standard InChI is InChI=1S/C17H32O2.Na/c1-3-5-6-7-8-9-10-11-12-13-15-16(14-4-2)17(18)19;/h4,16H,2-3,5-15H2,1H3,(H,18,19);/q;+1/p-1. The van der Waals surface area contributed by atoms with Crippen LogP contribution in [0.25, 0.3) is 0 Å². The zero-order chi connectivity index (χ0) is 14.3. The van der Waals surface area contributed by atoms with E-state index in [1.807, 2.05) is 0 Å². The molecule has 0 N–H and O–H groups in total. The monoisotopic (exact) mass is 290 g/mol. The Morgan fingerprint density at radius 1 is 1.00 bits per heavy atom. The van der Waals surface area contributed by atoms with E-state index in [0.29, 0.717) is 6.42 Å². The summed E-state index contributed by atoms with van der Waals surface area (Å²) in [5, 5.41) is 10.8. The number of hydrogen-bond acceptors (Lipinski definition) is 2. The molecule has 112 valence electrons. The summed E-state index contributed by atoms with van der Waals surface area (Å²) in [5.74, 6) is -1.25. The van der Waals surface area contributed by atoms with Gasteiger partial charge in [0.25, 0.3) is 0 Å². The van der Waals surface area contributed by atoms with E-state index in [4.69, 9.17) is 0 Å². The molecule has 0 bridgehead atoms. The van der Waals surface area contributed by atoms with Crippen LogP contribution in [-0.4, -0.2) is 5.97 Å². The Labute approximate surface area is 147 Å². The van der Waals surface area contributed by atoms with Crippen LogP contribution in [0.5, 0.6) is 0 Å². The Morgan fingerprint density at radius 3 is 1.85 bits per heavy atom. The summed E-state index contributed by atoms with van der Waals surface area (Å²) in [6.07, 6.45) is 15.8. The van der Waals surface area contributed by atoms with E-state index in [1.165, 1.54) is 51.4 Å². The van der Waals surface area contributed by atoms with Gasteiger partial charge in [-0.3, -0.25) is 0 Å². The predicted molar refractivity (Wildman–Crippen MR) is 79.8 cm³/mol. The molecule has 0 amide bonds. The molecule has 0 saturated heterocycles. The van der Waals surface area contributed by atoms with E-state index in [9.17, 15) is 9.90 Å². The Hall–Kier alpha value is 0.210. The van der Waals surface area contributed by atoms with Gasteiger partial charge >= 0.3 is 29.6 Å². The Morgan fingerprint density at radius 2 is 1.45 bits per heavy atom. The van der Waals surface area contributed by atoms with E-state index in [1.54, 1.807) is 6.08 Å². The maximum atomic E-state index is 10.8. The largest absolute Gasteiger partial charge is 1.00 e. The van der Waals surface area contributed by atoms with Crippen LogP contribution in [0.4, 0.5) is 0 Å². The van der Waals surface area contributed by atoms with Gasteiger partial charge in [0.15, 0.2) is 0 Å². The molecule has 1 unspecified atom stereocenters. The second-order valence-electron chi connectivity index (χ2n) is 5.51. The molecule has 2 nitrogen and oxygen atoms in total. The Balaban J connectivity index is 0. The fraction of sp³-hybridized carbons (Fsp3) is 0.824. The number of allylic oxidation sites excluding steroid dienone is 1. The summed E-state index contributed by atoms with van der Waals surface area (Å²) in [7, 11) is 0. The Bertz CT molecular complexity index is 229. The zero-order valence-electron chi connectivity index (χ0n) is 13.7. The van der Waals surface area contributed by atoms with Gasteiger partial charge in [0.1, 0.15) is 0 Å². The van der Waals surface area contributed by atoms with Crippen molar-refractivity contribution in [2.75, 3.05) is 0 Å². The molecule has 0 aliphatic rings. The molecule has 0 aliphatic heterocycles. The van der Waals surface area contributed by atoms with Gasteiger partial charge in [-0.2, -0.15) is 0 Å². The van der Waals surface area contributed by atoms with E-state index < -0.39 is 5.97 Å². The fourth-order valence-electron chi connectivity index (χ4n) is 2.41. The Kier molecular flexibility index (Phi) is 19.4. The molecule has 0 heterocycles. The number of unbranched alkanes of at least 4 members (excludes halogenated alkanes) is 9. The van der Waals surface area contributed by atoms with Crippen molar-refractivity contribution in [1.29, 1.82) is 0 Å². The van der Waals surface area contributed by atoms with Gasteiger partial charge in [0.2, 0.25) is 0 Å². The van der Waals surface area contributed by atoms with Crippen molar-refractivity contribution in [3.8, 4) is 0 Å². The third-order valence-electron chi connectivity index (χ3n) is 3.69. The van der Waals surface area contributed by atoms with E-state index in [2.05, 4.69) is 13.5 Å². The zero-order valence-corrected chi connectivity index (χ0v) is 15.7. The maximum absolute atomic E-state index is 10.8. The van der Waals surface area contributed by atoms with Crippen LogP contribution in [0.15, 0.2) is 12.7 Å². The maximum Gasteiger partial charge on any atom is 1.00 e. The first-order chi connectivity index (χ1) is 9.22. The van der Waals surface area contributed by atoms with Crippen LogP contribution in [-0.2, 0) is 4.79 Å². The fourth-order valence-corrected chi connectivity index (χ4v) is 2.41. The molecule has 0 fully saturated rings. The quantitative estimate of drug-likeness (QED) is 0.274. The summed E-state index contributed by atoms with van der Waals surface area (Å²) in [6.45, 7) is 5.83. The van der Waals surface area contributed by atoms with Gasteiger partial charge in [0, 0.05) is 11.9 Å². The minimum atomic E-state index is -0.921. The number of carbonyl (C=O) groups excluding carboxylic acids is 1. The van der Waals surface area contributed by atoms with Crippen molar-refractivity contribution in [1.82, 2.24) is 0 Å². The number of carboxylic acid groups (broad SMARTS) is 1. The summed E-state index contributed by atoms with van der Waals surface area (Å²) in [6, 6.07) is 0. The number of hydrogen-bond donors (Lipinski definition) is 0. The predicted octanol–water partition coefficient (Wildman–Crippen LogP) is 1.24. The van der Waals surface area contributed by atoms with Gasteiger partial charge in [-0.25, -0.2) is 0 Å². The molecule has 0 saturated carbocycles. The molecule has 0 aromatic rings. The second kappa shape index (κ2) is 17.3. The minimum absolute atomic E-state index is 0. The smallest absolute Gasteiger partial charge is 0.550 e. The van der Waals surface area contributed by atoms with Crippen molar-refractivity contribution in [3.05, 3.63) is 12.7 Å². The first-order valence-electron chi connectivity index (χ1n) is 8.04. The molecule has 1 atom stereocenters. The molecule has 0 rings (SSSR count). The van der Waals surface area contributed by atoms with Crippen molar-refractivity contribution >= 4 is 5.97 Å². The molecule has 20 heavy (non-hydrogen) atoms. The van der Waals surface area contributed by atoms with Crippen LogP contribution < -0.4 is 34.7 Å². The average Bonchev–Trinajstić information content (AvgIpc) is 2.39. The molecule has 0 aromatic carbocycles. The second-order valence-corrected chi connectivity index (χ2v) is 5.51. The van der Waals surface area contributed by atoms with Gasteiger partial charge in [-0.15, -0.1) is 6.58 Å². The van der Waals surface area contributed by atoms with Crippen LogP contribution in [0.3, 0.4) is 0 Å². The van der Waals surface area contributed by atoms with Gasteiger partial charge in [0.05, 0.1) is 0 Å². The molecule has 0 aromatic heterocycles. The summed E-state index contributed by atoms with van der Waals surface area (Å²) in [5.41, 5.74) is 0. The average molecular weight is 290 g/mol. The van der Waals surface area contributed by atoms with Gasteiger partial charge in [-0.05, 0) is 12.8 Å².